The molecule has 25 heavy (non-hydrogen) atoms. The second kappa shape index (κ2) is 8.29. The van der Waals surface area contributed by atoms with Crippen molar-refractivity contribution in [2.24, 2.45) is 0 Å². The molecule has 0 aliphatic rings. The molecule has 1 heterocycles. The minimum absolute atomic E-state index is 0.0147. The molecule has 0 radical (unpaired) electrons. The third-order valence-electron chi connectivity index (χ3n) is 3.10. The first-order valence-corrected chi connectivity index (χ1v) is 8.00. The zero-order valence-corrected chi connectivity index (χ0v) is 14.7. The second-order valence-electron chi connectivity index (χ2n) is 5.06. The Kier molecular flexibility index (Phi) is 6.13. The van der Waals surface area contributed by atoms with Crippen molar-refractivity contribution in [1.82, 2.24) is 10.6 Å². The average Bonchev–Trinajstić information content (AvgIpc) is 3.08. The van der Waals surface area contributed by atoms with Crippen LogP contribution in [0.4, 0.5) is 0 Å². The predicted octanol–water partition coefficient (Wildman–Crippen LogP) is 1.07. The van der Waals surface area contributed by atoms with Gasteiger partial charge < -0.3 is 25.0 Å². The molecule has 0 aliphatic heterocycles. The van der Waals surface area contributed by atoms with Crippen molar-refractivity contribution in [3.8, 4) is 0 Å². The lowest BCUT2D eigenvalue weighted by Gasteiger charge is -2.16. The highest BCUT2D eigenvalue weighted by Gasteiger charge is 2.18. The van der Waals surface area contributed by atoms with Crippen LogP contribution in [0.2, 0.25) is 0 Å². The van der Waals surface area contributed by atoms with E-state index in [0.29, 0.717) is 5.56 Å². The Labute approximate surface area is 151 Å². The van der Waals surface area contributed by atoms with Crippen LogP contribution >= 0.6 is 15.9 Å². The highest BCUT2D eigenvalue weighted by atomic mass is 79.9. The summed E-state index contributed by atoms with van der Waals surface area (Å²) in [4.78, 5) is 35.3. The van der Waals surface area contributed by atoms with Gasteiger partial charge >= 0.3 is 0 Å². The molecule has 2 rings (SSSR count). The van der Waals surface area contributed by atoms with Crippen molar-refractivity contribution in [3.05, 3.63) is 64.2 Å². The third-order valence-corrected chi connectivity index (χ3v) is 3.59. The number of hydrogen-bond donors (Lipinski definition) is 2. The van der Waals surface area contributed by atoms with Gasteiger partial charge in [0.15, 0.2) is 5.76 Å². The number of carboxylic acids is 1. The molecule has 0 spiro atoms. The van der Waals surface area contributed by atoms with E-state index in [4.69, 9.17) is 4.42 Å². The summed E-state index contributed by atoms with van der Waals surface area (Å²) in [6, 6.07) is 8.76. The van der Waals surface area contributed by atoms with E-state index >= 15 is 0 Å². The monoisotopic (exact) mass is 405 g/mol. The van der Waals surface area contributed by atoms with Gasteiger partial charge in [-0.3, -0.25) is 9.59 Å². The number of nitrogens with one attached hydrogen (secondary N) is 2. The topological polar surface area (TPSA) is 111 Å². The van der Waals surface area contributed by atoms with E-state index < -0.39 is 23.8 Å². The Bertz CT molecular complexity index is 814. The fourth-order valence-electron chi connectivity index (χ4n) is 1.85. The fraction of sp³-hybridized carbons (Fsp3) is 0.118. The van der Waals surface area contributed by atoms with Gasteiger partial charge in [-0.2, -0.15) is 0 Å². The summed E-state index contributed by atoms with van der Waals surface area (Å²) in [5.74, 6) is -2.83. The smallest absolute Gasteiger partial charge is 0.291 e. The molecule has 0 unspecified atom stereocenters. The molecule has 1 atom stereocenters. The molecule has 0 fully saturated rings. The standard InChI is InChI=1S/C17H15BrN2O5/c1-10(17(23)24)19-15(21)13(9-11-4-2-5-12(18)8-11)20-16(22)14-6-3-7-25-14/h2-10H,1H3,(H,19,21)(H,20,22)(H,23,24)/p-1/b13-9-/t10-/m1/s1. The van der Waals surface area contributed by atoms with Gasteiger partial charge in [-0.05, 0) is 42.8 Å². The van der Waals surface area contributed by atoms with Crippen LogP contribution in [-0.4, -0.2) is 23.8 Å². The van der Waals surface area contributed by atoms with E-state index in [0.717, 1.165) is 4.47 Å². The molecule has 130 valence electrons. The van der Waals surface area contributed by atoms with E-state index in [9.17, 15) is 19.5 Å². The Morgan fingerprint density at radius 1 is 1.24 bits per heavy atom. The van der Waals surface area contributed by atoms with E-state index in [2.05, 4.69) is 26.6 Å². The Morgan fingerprint density at radius 2 is 2.00 bits per heavy atom. The second-order valence-corrected chi connectivity index (χ2v) is 5.97. The number of hydrogen-bond acceptors (Lipinski definition) is 5. The van der Waals surface area contributed by atoms with Crippen LogP contribution in [0.1, 0.15) is 23.0 Å². The van der Waals surface area contributed by atoms with Gasteiger partial charge in [0.25, 0.3) is 11.8 Å². The maximum absolute atomic E-state index is 12.3. The number of benzene rings is 1. The van der Waals surface area contributed by atoms with Gasteiger partial charge in [0.1, 0.15) is 5.70 Å². The van der Waals surface area contributed by atoms with Crippen molar-refractivity contribution in [2.45, 2.75) is 13.0 Å². The van der Waals surface area contributed by atoms with Crippen molar-refractivity contribution in [2.75, 3.05) is 0 Å². The predicted molar refractivity (Wildman–Crippen MR) is 90.9 cm³/mol. The number of rotatable bonds is 6. The molecule has 0 saturated carbocycles. The number of carbonyl (C=O) groups is 3. The summed E-state index contributed by atoms with van der Waals surface area (Å²) in [5.41, 5.74) is 0.493. The van der Waals surface area contributed by atoms with Crippen molar-refractivity contribution < 1.29 is 23.9 Å². The Morgan fingerprint density at radius 3 is 2.60 bits per heavy atom. The zero-order valence-electron chi connectivity index (χ0n) is 13.1. The lowest BCUT2D eigenvalue weighted by Crippen LogP contribution is -2.48. The number of halogens is 1. The molecule has 8 heteroatoms. The number of aliphatic carboxylic acids is 1. The molecule has 0 bridgehead atoms. The minimum Gasteiger partial charge on any atom is -0.548 e. The highest BCUT2D eigenvalue weighted by molar-refractivity contribution is 9.10. The van der Waals surface area contributed by atoms with Crippen LogP contribution < -0.4 is 15.7 Å². The first-order chi connectivity index (χ1) is 11.9. The van der Waals surface area contributed by atoms with Gasteiger partial charge in [-0.1, -0.05) is 28.1 Å². The molecule has 1 aromatic carbocycles. The van der Waals surface area contributed by atoms with Crippen molar-refractivity contribution >= 4 is 39.8 Å². The Hall–Kier alpha value is -2.87. The molecule has 2 N–H and O–H groups in total. The molecular formula is C17H14BrN2O5-. The largest absolute Gasteiger partial charge is 0.548 e. The number of carboxylic acid groups (broad SMARTS) is 1. The summed E-state index contributed by atoms with van der Waals surface area (Å²) >= 11 is 3.31. The summed E-state index contributed by atoms with van der Waals surface area (Å²) in [5, 5.41) is 15.5. The average molecular weight is 406 g/mol. The molecule has 2 aromatic rings. The van der Waals surface area contributed by atoms with Crippen molar-refractivity contribution in [3.63, 3.8) is 0 Å². The van der Waals surface area contributed by atoms with Gasteiger partial charge in [-0.15, -0.1) is 0 Å². The maximum Gasteiger partial charge on any atom is 0.291 e. The fourth-order valence-corrected chi connectivity index (χ4v) is 2.26. The van der Waals surface area contributed by atoms with E-state index in [1.165, 1.54) is 31.4 Å². The van der Waals surface area contributed by atoms with Crippen LogP contribution in [0.3, 0.4) is 0 Å². The lowest BCUT2D eigenvalue weighted by atomic mass is 10.1. The molecular weight excluding hydrogens is 392 g/mol. The number of amides is 2. The number of furan rings is 1. The third kappa shape index (κ3) is 5.32. The maximum atomic E-state index is 12.3. The van der Waals surface area contributed by atoms with Gasteiger partial charge in [0.2, 0.25) is 0 Å². The van der Waals surface area contributed by atoms with Crippen molar-refractivity contribution in [1.29, 1.82) is 0 Å². The summed E-state index contributed by atoms with van der Waals surface area (Å²) in [6.45, 7) is 1.26. The van der Waals surface area contributed by atoms with Crippen LogP contribution in [0.25, 0.3) is 6.08 Å². The van der Waals surface area contributed by atoms with Crippen LogP contribution in [0.15, 0.2) is 57.2 Å². The SMILES string of the molecule is C[C@@H](NC(=O)/C(=C/c1cccc(Br)c1)NC(=O)c1ccco1)C(=O)[O-]. The van der Waals surface area contributed by atoms with Crippen LogP contribution in [-0.2, 0) is 9.59 Å². The minimum atomic E-state index is -1.44. The summed E-state index contributed by atoms with van der Waals surface area (Å²) < 4.78 is 5.76. The molecule has 0 saturated heterocycles. The van der Waals surface area contributed by atoms with Crippen LogP contribution in [0, 0.1) is 0 Å². The summed E-state index contributed by atoms with van der Waals surface area (Å²) in [7, 11) is 0. The molecule has 2 amide bonds. The molecule has 1 aromatic heterocycles. The van der Waals surface area contributed by atoms with E-state index in [-0.39, 0.29) is 11.5 Å². The summed E-state index contributed by atoms with van der Waals surface area (Å²) in [6.07, 6.45) is 2.74. The first kappa shape index (κ1) is 18.5. The van der Waals surface area contributed by atoms with Gasteiger partial charge in [0.05, 0.1) is 18.3 Å². The van der Waals surface area contributed by atoms with Gasteiger partial charge in [-0.25, -0.2) is 0 Å². The molecule has 0 aliphatic carbocycles. The lowest BCUT2D eigenvalue weighted by molar-refractivity contribution is -0.307. The normalized spacial score (nSPS) is 12.3. The van der Waals surface area contributed by atoms with Gasteiger partial charge in [0, 0.05) is 4.47 Å². The zero-order chi connectivity index (χ0) is 18.4. The Balaban J connectivity index is 2.28. The number of carbonyl (C=O) groups excluding carboxylic acids is 3. The van der Waals surface area contributed by atoms with E-state index in [1.807, 2.05) is 0 Å². The van der Waals surface area contributed by atoms with Crippen LogP contribution in [0.5, 0.6) is 0 Å². The van der Waals surface area contributed by atoms with E-state index in [1.54, 1.807) is 24.3 Å². The quantitative estimate of drug-likeness (QED) is 0.698. The first-order valence-electron chi connectivity index (χ1n) is 7.20. The molecule has 7 nitrogen and oxygen atoms in total. The highest BCUT2D eigenvalue weighted by Crippen LogP contribution is 2.14.